The molecule has 20 heavy (non-hydrogen) atoms. The van der Waals surface area contributed by atoms with Crippen molar-refractivity contribution in [1.29, 1.82) is 0 Å². The van der Waals surface area contributed by atoms with E-state index in [-0.39, 0.29) is 11.5 Å². The van der Waals surface area contributed by atoms with Crippen LogP contribution < -0.4 is 0 Å². The van der Waals surface area contributed by atoms with Crippen molar-refractivity contribution < 1.29 is 9.84 Å². The van der Waals surface area contributed by atoms with Gasteiger partial charge in [0.05, 0.1) is 16.7 Å². The fourth-order valence-corrected chi connectivity index (χ4v) is 3.99. The third-order valence-corrected chi connectivity index (χ3v) is 5.18. The zero-order chi connectivity index (χ0) is 14.0. The van der Waals surface area contributed by atoms with E-state index >= 15 is 0 Å². The summed E-state index contributed by atoms with van der Waals surface area (Å²) in [6, 6.07) is 1.83. The maximum Gasteiger partial charge on any atom is 0.0835 e. The lowest BCUT2D eigenvalue weighted by Crippen LogP contribution is -2.42. The zero-order valence-electron chi connectivity index (χ0n) is 11.7. The van der Waals surface area contributed by atoms with Gasteiger partial charge in [0.1, 0.15) is 0 Å². The average Bonchev–Trinajstić information content (AvgIpc) is 2.48. The van der Waals surface area contributed by atoms with Gasteiger partial charge in [-0.2, -0.15) is 0 Å². The lowest BCUT2D eigenvalue weighted by atomic mass is 9.74. The van der Waals surface area contributed by atoms with Crippen LogP contribution in [-0.4, -0.2) is 22.3 Å². The average molecular weight is 296 g/mol. The lowest BCUT2D eigenvalue weighted by Gasteiger charge is -2.44. The van der Waals surface area contributed by atoms with Gasteiger partial charge in [0.15, 0.2) is 0 Å². The molecule has 2 fully saturated rings. The third kappa shape index (κ3) is 2.85. The smallest absolute Gasteiger partial charge is 0.0835 e. The summed E-state index contributed by atoms with van der Waals surface area (Å²) in [6.07, 6.45) is 10.7. The molecule has 0 bridgehead atoms. The highest BCUT2D eigenvalue weighted by atomic mass is 35.5. The number of halogens is 1. The van der Waals surface area contributed by atoms with Crippen molar-refractivity contribution in [3.05, 3.63) is 29.0 Å². The Balaban J connectivity index is 1.75. The van der Waals surface area contributed by atoms with Gasteiger partial charge >= 0.3 is 0 Å². The van der Waals surface area contributed by atoms with Gasteiger partial charge in [0.25, 0.3) is 0 Å². The molecule has 1 aromatic heterocycles. The van der Waals surface area contributed by atoms with Crippen LogP contribution in [0.5, 0.6) is 0 Å². The Kier molecular flexibility index (Phi) is 4.29. The van der Waals surface area contributed by atoms with Gasteiger partial charge in [-0.1, -0.05) is 30.9 Å². The molecule has 2 atom stereocenters. The first kappa shape index (κ1) is 14.3. The van der Waals surface area contributed by atoms with E-state index in [1.54, 1.807) is 12.4 Å². The summed E-state index contributed by atoms with van der Waals surface area (Å²) in [5.41, 5.74) is 0.821. The third-order valence-electron chi connectivity index (χ3n) is 4.86. The fourth-order valence-electron chi connectivity index (χ4n) is 3.76. The van der Waals surface area contributed by atoms with Crippen LogP contribution in [0.2, 0.25) is 5.02 Å². The summed E-state index contributed by atoms with van der Waals surface area (Å²) >= 11 is 6.16. The highest BCUT2D eigenvalue weighted by molar-refractivity contribution is 6.31. The predicted octanol–water partition coefficient (Wildman–Crippen LogP) is 3.90. The van der Waals surface area contributed by atoms with Gasteiger partial charge in [0, 0.05) is 24.6 Å². The van der Waals surface area contributed by atoms with Crippen LogP contribution in [0.1, 0.15) is 56.6 Å². The van der Waals surface area contributed by atoms with E-state index in [2.05, 4.69) is 4.98 Å². The molecule has 1 aliphatic carbocycles. The molecule has 0 radical (unpaired) electrons. The molecule has 1 saturated heterocycles. The molecule has 4 heteroatoms. The summed E-state index contributed by atoms with van der Waals surface area (Å²) in [6.45, 7) is 0.754. The number of aromatic nitrogens is 1. The molecule has 1 saturated carbocycles. The number of pyridine rings is 1. The molecule has 1 aromatic rings. The molecule has 2 unspecified atom stereocenters. The summed E-state index contributed by atoms with van der Waals surface area (Å²) < 4.78 is 6.10. The van der Waals surface area contributed by atoms with Gasteiger partial charge < -0.3 is 9.84 Å². The van der Waals surface area contributed by atoms with Crippen LogP contribution in [0.3, 0.4) is 0 Å². The highest BCUT2D eigenvalue weighted by Crippen LogP contribution is 2.44. The molecule has 0 aromatic carbocycles. The second-order valence-corrected chi connectivity index (χ2v) is 6.59. The quantitative estimate of drug-likeness (QED) is 0.900. The zero-order valence-corrected chi connectivity index (χ0v) is 12.5. The minimum absolute atomic E-state index is 0.0155. The first-order valence-electron chi connectivity index (χ1n) is 7.62. The van der Waals surface area contributed by atoms with E-state index in [9.17, 15) is 5.11 Å². The summed E-state index contributed by atoms with van der Waals surface area (Å²) in [5, 5.41) is 11.2. The monoisotopic (exact) mass is 295 g/mol. The Morgan fingerprint density at radius 2 is 2.15 bits per heavy atom. The second-order valence-electron chi connectivity index (χ2n) is 6.19. The Morgan fingerprint density at radius 1 is 1.35 bits per heavy atom. The maximum absolute atomic E-state index is 10.7. The van der Waals surface area contributed by atoms with Gasteiger partial charge in [-0.05, 0) is 37.7 Å². The minimum atomic E-state index is -0.506. The van der Waals surface area contributed by atoms with Crippen molar-refractivity contribution in [2.75, 3.05) is 6.61 Å². The molecule has 2 heterocycles. The van der Waals surface area contributed by atoms with Crippen LogP contribution in [0.25, 0.3) is 0 Å². The van der Waals surface area contributed by atoms with Crippen molar-refractivity contribution in [2.45, 2.75) is 56.7 Å². The van der Waals surface area contributed by atoms with Crippen molar-refractivity contribution in [3.63, 3.8) is 0 Å². The van der Waals surface area contributed by atoms with Crippen LogP contribution in [0.4, 0.5) is 0 Å². The van der Waals surface area contributed by atoms with Crippen molar-refractivity contribution in [2.24, 2.45) is 5.92 Å². The Hall–Kier alpha value is -0.640. The minimum Gasteiger partial charge on any atom is -0.388 e. The lowest BCUT2D eigenvalue weighted by molar-refractivity contribution is -0.134. The molecule has 1 spiro atoms. The summed E-state index contributed by atoms with van der Waals surface area (Å²) in [4.78, 5) is 3.99. The molecule has 3 rings (SSSR count). The Bertz CT molecular complexity index is 454. The molecule has 3 nitrogen and oxygen atoms in total. The predicted molar refractivity (Wildman–Crippen MR) is 78.7 cm³/mol. The van der Waals surface area contributed by atoms with E-state index in [1.807, 2.05) is 6.07 Å². The fraction of sp³-hybridized carbons (Fsp3) is 0.688. The number of aliphatic hydroxyl groups excluding tert-OH is 1. The van der Waals surface area contributed by atoms with E-state index in [4.69, 9.17) is 16.3 Å². The molecule has 110 valence electrons. The second kappa shape index (κ2) is 6.00. The Labute approximate surface area is 125 Å². The van der Waals surface area contributed by atoms with Gasteiger partial charge in [0.2, 0.25) is 0 Å². The molecule has 2 aliphatic rings. The van der Waals surface area contributed by atoms with Crippen LogP contribution >= 0.6 is 11.6 Å². The standard InChI is InChI=1S/C16H22ClNO2/c17-14-11-18-8-4-13(14)15(19)12-5-9-20-16(10-12)6-2-1-3-7-16/h4,8,11-12,15,19H,1-3,5-7,9-10H2. The SMILES string of the molecule is OC(c1ccncc1Cl)C1CCOC2(CCCCC2)C1. The molecule has 1 N–H and O–H groups in total. The van der Waals surface area contributed by atoms with Crippen LogP contribution in [-0.2, 0) is 4.74 Å². The number of hydrogen-bond donors (Lipinski definition) is 1. The van der Waals surface area contributed by atoms with Crippen molar-refractivity contribution >= 4 is 11.6 Å². The van der Waals surface area contributed by atoms with E-state index in [1.165, 1.54) is 19.3 Å². The molecule has 1 aliphatic heterocycles. The number of hydrogen-bond acceptors (Lipinski definition) is 3. The number of aliphatic hydroxyl groups is 1. The first-order valence-corrected chi connectivity index (χ1v) is 7.99. The molecular formula is C16H22ClNO2. The Morgan fingerprint density at radius 3 is 2.90 bits per heavy atom. The molecule has 0 amide bonds. The topological polar surface area (TPSA) is 42.4 Å². The largest absolute Gasteiger partial charge is 0.388 e. The normalized spacial score (nSPS) is 27.4. The maximum atomic E-state index is 10.7. The number of ether oxygens (including phenoxy) is 1. The van der Waals surface area contributed by atoms with E-state index in [0.29, 0.717) is 5.02 Å². The van der Waals surface area contributed by atoms with E-state index < -0.39 is 6.10 Å². The highest BCUT2D eigenvalue weighted by Gasteiger charge is 2.41. The number of rotatable bonds is 2. The summed E-state index contributed by atoms with van der Waals surface area (Å²) in [5.74, 6) is 0.238. The van der Waals surface area contributed by atoms with Crippen molar-refractivity contribution in [3.8, 4) is 0 Å². The van der Waals surface area contributed by atoms with Crippen LogP contribution in [0, 0.1) is 5.92 Å². The van der Waals surface area contributed by atoms with Gasteiger partial charge in [-0.25, -0.2) is 0 Å². The van der Waals surface area contributed by atoms with Crippen molar-refractivity contribution in [1.82, 2.24) is 4.98 Å². The van der Waals surface area contributed by atoms with Gasteiger partial charge in [-0.3, -0.25) is 4.98 Å². The number of nitrogens with zero attached hydrogens (tertiary/aromatic N) is 1. The summed E-state index contributed by atoms with van der Waals surface area (Å²) in [7, 11) is 0. The van der Waals surface area contributed by atoms with Crippen LogP contribution in [0.15, 0.2) is 18.5 Å². The van der Waals surface area contributed by atoms with Gasteiger partial charge in [-0.15, -0.1) is 0 Å². The van der Waals surface area contributed by atoms with E-state index in [0.717, 1.165) is 37.9 Å². The first-order chi connectivity index (χ1) is 9.70. The molecular weight excluding hydrogens is 274 g/mol.